The van der Waals surface area contributed by atoms with Gasteiger partial charge in [-0.1, -0.05) is 17.4 Å². The number of fused-ring (bicyclic) bond motifs is 1. The number of ether oxygens (including phenoxy) is 3. The van der Waals surface area contributed by atoms with Crippen LogP contribution in [0.2, 0.25) is 0 Å². The molecule has 0 saturated carbocycles. The lowest BCUT2D eigenvalue weighted by atomic mass is 10.0. The number of aromatic nitrogens is 2. The Morgan fingerprint density at radius 1 is 1.20 bits per heavy atom. The fourth-order valence-electron chi connectivity index (χ4n) is 3.20. The van der Waals surface area contributed by atoms with E-state index in [1.54, 1.807) is 14.0 Å². The maximum atomic E-state index is 6.06. The summed E-state index contributed by atoms with van der Waals surface area (Å²) in [7, 11) is 1.59. The van der Waals surface area contributed by atoms with Crippen molar-refractivity contribution in [1.29, 1.82) is 0 Å². The van der Waals surface area contributed by atoms with Gasteiger partial charge in [0.2, 0.25) is 17.5 Å². The number of nitrogens with zero attached hydrogens (tertiary/aromatic N) is 2. The molecule has 0 spiro atoms. The van der Waals surface area contributed by atoms with Crippen molar-refractivity contribution in [2.75, 3.05) is 25.6 Å². The Balaban J connectivity index is 1.61. The lowest BCUT2D eigenvalue weighted by molar-refractivity contribution is 0.289. The Labute approximate surface area is 179 Å². The third-order valence-electron chi connectivity index (χ3n) is 4.66. The molecule has 1 atom stereocenters. The fraction of sp³-hybridized carbons (Fsp3) is 0.286. The van der Waals surface area contributed by atoms with E-state index in [2.05, 4.69) is 15.5 Å². The Morgan fingerprint density at radius 2 is 1.97 bits per heavy atom. The Morgan fingerprint density at radius 3 is 2.63 bits per heavy atom. The van der Waals surface area contributed by atoms with Gasteiger partial charge in [0.15, 0.2) is 11.5 Å². The Bertz CT molecular complexity index is 1050. The van der Waals surface area contributed by atoms with Crippen molar-refractivity contribution >= 4 is 22.9 Å². The number of thiocarbonyl (C=S) groups is 1. The average Bonchev–Trinajstić information content (AvgIpc) is 3.04. The lowest BCUT2D eigenvalue weighted by Crippen LogP contribution is -2.26. The molecule has 3 aromatic rings. The minimum Gasteiger partial charge on any atom is -0.493 e. The van der Waals surface area contributed by atoms with Crippen LogP contribution < -0.4 is 25.3 Å². The lowest BCUT2D eigenvalue weighted by Gasteiger charge is -2.22. The summed E-state index contributed by atoms with van der Waals surface area (Å²) < 4.78 is 22.2. The molecule has 3 N–H and O–H groups in total. The highest BCUT2D eigenvalue weighted by molar-refractivity contribution is 7.80. The molecule has 2 heterocycles. The maximum absolute atomic E-state index is 6.06. The molecule has 0 radical (unpaired) electrons. The molecule has 9 heteroatoms. The maximum Gasteiger partial charge on any atom is 0.223 e. The van der Waals surface area contributed by atoms with Crippen LogP contribution in [0.4, 0.5) is 5.69 Å². The van der Waals surface area contributed by atoms with Crippen molar-refractivity contribution in [3.05, 3.63) is 47.9 Å². The van der Waals surface area contributed by atoms with Crippen LogP contribution in [-0.2, 0) is 0 Å². The first-order valence-corrected chi connectivity index (χ1v) is 9.90. The molecule has 30 heavy (non-hydrogen) atoms. The molecule has 0 aliphatic carbocycles. The zero-order valence-corrected chi connectivity index (χ0v) is 17.5. The SMILES string of the molecule is COc1cc(C(Nc2ccc(-c3noc(C)n3)cc2)C(N)=S)cc2c1OCCCO2. The predicted octanol–water partition coefficient (Wildman–Crippen LogP) is 3.65. The van der Waals surface area contributed by atoms with Crippen LogP contribution in [0.25, 0.3) is 11.4 Å². The molecule has 0 bridgehead atoms. The Kier molecular flexibility index (Phi) is 5.71. The van der Waals surface area contributed by atoms with E-state index in [9.17, 15) is 0 Å². The van der Waals surface area contributed by atoms with Crippen LogP contribution >= 0.6 is 12.2 Å². The fourth-order valence-corrected chi connectivity index (χ4v) is 3.39. The number of rotatable bonds is 6. The molecule has 1 aliphatic heterocycles. The summed E-state index contributed by atoms with van der Waals surface area (Å²) in [6.07, 6.45) is 0.802. The smallest absolute Gasteiger partial charge is 0.223 e. The van der Waals surface area contributed by atoms with E-state index < -0.39 is 6.04 Å². The van der Waals surface area contributed by atoms with Gasteiger partial charge >= 0.3 is 0 Å². The van der Waals surface area contributed by atoms with Crippen LogP contribution in [0, 0.1) is 6.92 Å². The van der Waals surface area contributed by atoms with Crippen LogP contribution in [0.3, 0.4) is 0 Å². The van der Waals surface area contributed by atoms with Gasteiger partial charge in [0, 0.05) is 24.6 Å². The number of aryl methyl sites for hydroxylation is 1. The molecular weight excluding hydrogens is 404 g/mol. The van der Waals surface area contributed by atoms with Gasteiger partial charge in [-0.05, 0) is 42.0 Å². The summed E-state index contributed by atoms with van der Waals surface area (Å²) in [4.78, 5) is 4.53. The number of hydrogen-bond acceptors (Lipinski definition) is 8. The quantitative estimate of drug-likeness (QED) is 0.571. The molecular formula is C21H22N4O4S. The van der Waals surface area contributed by atoms with Crippen molar-refractivity contribution in [2.45, 2.75) is 19.4 Å². The van der Waals surface area contributed by atoms with Crippen LogP contribution in [0.15, 0.2) is 40.9 Å². The van der Waals surface area contributed by atoms with Gasteiger partial charge in [0.1, 0.15) is 11.0 Å². The number of methoxy groups -OCH3 is 1. The molecule has 2 aromatic carbocycles. The summed E-state index contributed by atoms with van der Waals surface area (Å²) in [6, 6.07) is 10.9. The molecule has 0 amide bonds. The molecule has 8 nitrogen and oxygen atoms in total. The van der Waals surface area contributed by atoms with Crippen LogP contribution in [0.1, 0.15) is 23.9 Å². The van der Waals surface area contributed by atoms with Gasteiger partial charge in [-0.3, -0.25) is 0 Å². The second-order valence-corrected chi connectivity index (χ2v) is 7.27. The Hall–Kier alpha value is -3.33. The van der Waals surface area contributed by atoms with Gasteiger partial charge < -0.3 is 29.8 Å². The van der Waals surface area contributed by atoms with E-state index in [0.717, 1.165) is 23.2 Å². The van der Waals surface area contributed by atoms with Gasteiger partial charge in [0.25, 0.3) is 0 Å². The number of nitrogens with two attached hydrogens (primary N) is 1. The summed E-state index contributed by atoms with van der Waals surface area (Å²) >= 11 is 5.33. The van der Waals surface area contributed by atoms with E-state index in [4.69, 9.17) is 36.7 Å². The highest BCUT2D eigenvalue weighted by atomic mass is 32.1. The second kappa shape index (κ2) is 8.58. The third kappa shape index (κ3) is 4.16. The molecule has 4 rings (SSSR count). The van der Waals surface area contributed by atoms with E-state index in [1.807, 2.05) is 36.4 Å². The molecule has 156 valence electrons. The predicted molar refractivity (Wildman–Crippen MR) is 116 cm³/mol. The first-order valence-electron chi connectivity index (χ1n) is 9.49. The first kappa shape index (κ1) is 20.0. The molecule has 0 saturated heterocycles. The summed E-state index contributed by atoms with van der Waals surface area (Å²) in [5, 5.41) is 7.30. The van der Waals surface area contributed by atoms with Crippen LogP contribution in [-0.4, -0.2) is 35.5 Å². The number of hydrogen-bond donors (Lipinski definition) is 2. The van der Waals surface area contributed by atoms with Crippen molar-refractivity contribution in [3.8, 4) is 28.6 Å². The summed E-state index contributed by atoms with van der Waals surface area (Å²) in [5.41, 5.74) is 8.57. The molecule has 1 unspecified atom stereocenters. The number of benzene rings is 2. The summed E-state index contributed by atoms with van der Waals surface area (Å²) in [5.74, 6) is 2.85. The molecule has 1 aliphatic rings. The monoisotopic (exact) mass is 426 g/mol. The summed E-state index contributed by atoms with van der Waals surface area (Å²) in [6.45, 7) is 2.90. The van der Waals surface area contributed by atoms with E-state index >= 15 is 0 Å². The highest BCUT2D eigenvalue weighted by Gasteiger charge is 2.23. The van der Waals surface area contributed by atoms with Gasteiger partial charge in [-0.15, -0.1) is 0 Å². The van der Waals surface area contributed by atoms with Crippen molar-refractivity contribution in [3.63, 3.8) is 0 Å². The van der Waals surface area contributed by atoms with Crippen molar-refractivity contribution < 1.29 is 18.7 Å². The van der Waals surface area contributed by atoms with E-state index in [0.29, 0.717) is 47.2 Å². The minimum absolute atomic E-state index is 0.296. The van der Waals surface area contributed by atoms with Crippen molar-refractivity contribution in [1.82, 2.24) is 10.1 Å². The normalized spacial score (nSPS) is 13.9. The van der Waals surface area contributed by atoms with Gasteiger partial charge in [-0.2, -0.15) is 4.98 Å². The standard InChI is InChI=1S/C21H22N4O4S/c1-12-23-21(25-29-12)13-4-6-15(7-5-13)24-18(20(22)30)14-10-16(26-2)19-17(11-14)27-8-3-9-28-19/h4-7,10-11,18,24H,3,8-9H2,1-2H3,(H2,22,30). The zero-order chi connectivity index (χ0) is 21.1. The van der Waals surface area contributed by atoms with Gasteiger partial charge in [0.05, 0.1) is 20.3 Å². The largest absolute Gasteiger partial charge is 0.493 e. The van der Waals surface area contributed by atoms with Crippen LogP contribution in [0.5, 0.6) is 17.2 Å². The highest BCUT2D eigenvalue weighted by Crippen LogP contribution is 2.42. The van der Waals surface area contributed by atoms with E-state index in [-0.39, 0.29) is 0 Å². The molecule has 1 aromatic heterocycles. The van der Waals surface area contributed by atoms with Crippen molar-refractivity contribution in [2.24, 2.45) is 5.73 Å². The zero-order valence-electron chi connectivity index (χ0n) is 16.7. The minimum atomic E-state index is -0.427. The van der Waals surface area contributed by atoms with Gasteiger partial charge in [-0.25, -0.2) is 0 Å². The third-order valence-corrected chi connectivity index (χ3v) is 4.89. The second-order valence-electron chi connectivity index (χ2n) is 6.79. The average molecular weight is 426 g/mol. The number of nitrogens with one attached hydrogen (secondary N) is 1. The number of anilines is 1. The van der Waals surface area contributed by atoms with E-state index in [1.165, 1.54) is 0 Å². The first-order chi connectivity index (χ1) is 14.5. The molecule has 0 fully saturated rings. The topological polar surface area (TPSA) is 105 Å².